The summed E-state index contributed by atoms with van der Waals surface area (Å²) in [7, 11) is 0. The molecule has 1 aliphatic rings. The molecule has 0 radical (unpaired) electrons. The molecule has 1 aromatic rings. The largest absolute Gasteiger partial charge is 0.480 e. The zero-order valence-corrected chi connectivity index (χ0v) is 10.7. The number of carbonyl (C=O) groups excluding carboxylic acids is 2. The molecular formula is C14H16FNO3. The van der Waals surface area contributed by atoms with E-state index in [0.29, 0.717) is 13.0 Å². The van der Waals surface area contributed by atoms with Gasteiger partial charge in [-0.3, -0.25) is 9.59 Å². The van der Waals surface area contributed by atoms with Gasteiger partial charge in [-0.15, -0.1) is 0 Å². The Hall–Kier alpha value is -1.91. The van der Waals surface area contributed by atoms with Crippen LogP contribution < -0.4 is 10.1 Å². The summed E-state index contributed by atoms with van der Waals surface area (Å²) in [4.78, 5) is 23.2. The van der Waals surface area contributed by atoms with Gasteiger partial charge in [-0.2, -0.15) is 0 Å². The number of ketones is 1. The summed E-state index contributed by atoms with van der Waals surface area (Å²) in [5.74, 6) is -0.710. The van der Waals surface area contributed by atoms with Crippen molar-refractivity contribution in [2.75, 3.05) is 6.54 Å². The van der Waals surface area contributed by atoms with E-state index in [9.17, 15) is 14.0 Å². The normalized spacial score (nSPS) is 19.5. The predicted molar refractivity (Wildman–Crippen MR) is 67.7 cm³/mol. The van der Waals surface area contributed by atoms with E-state index in [1.54, 1.807) is 0 Å². The molecule has 1 atom stereocenters. The van der Waals surface area contributed by atoms with E-state index in [2.05, 4.69) is 5.32 Å². The number of halogens is 1. The van der Waals surface area contributed by atoms with Crippen molar-refractivity contribution >= 4 is 11.7 Å². The highest BCUT2D eigenvalue weighted by molar-refractivity contribution is 5.97. The number of amides is 1. The zero-order chi connectivity index (χ0) is 13.8. The molecule has 0 bridgehead atoms. The minimum atomic E-state index is -0.619. The molecule has 1 heterocycles. The van der Waals surface area contributed by atoms with E-state index >= 15 is 0 Å². The van der Waals surface area contributed by atoms with E-state index in [4.69, 9.17) is 4.74 Å². The van der Waals surface area contributed by atoms with Gasteiger partial charge in [-0.25, -0.2) is 4.39 Å². The highest BCUT2D eigenvalue weighted by atomic mass is 19.1. The Bertz CT molecular complexity index is 501. The molecular weight excluding hydrogens is 249 g/mol. The van der Waals surface area contributed by atoms with Crippen molar-refractivity contribution in [3.8, 4) is 5.75 Å². The summed E-state index contributed by atoms with van der Waals surface area (Å²) in [5, 5.41) is 2.75. The SMILES string of the molecule is CC(=O)c1cc(F)ccc1OC1CCCCNC1=O. The molecule has 1 saturated heterocycles. The van der Waals surface area contributed by atoms with Crippen LogP contribution in [0.5, 0.6) is 5.75 Å². The van der Waals surface area contributed by atoms with Crippen LogP contribution in [0.4, 0.5) is 4.39 Å². The lowest BCUT2D eigenvalue weighted by Gasteiger charge is -2.17. The molecule has 1 fully saturated rings. The Balaban J connectivity index is 2.22. The van der Waals surface area contributed by atoms with Gasteiger partial charge < -0.3 is 10.1 Å². The Labute approximate surface area is 110 Å². The first-order valence-corrected chi connectivity index (χ1v) is 6.33. The van der Waals surface area contributed by atoms with Crippen LogP contribution in [0, 0.1) is 5.82 Å². The number of ether oxygens (including phenoxy) is 1. The van der Waals surface area contributed by atoms with E-state index in [1.165, 1.54) is 19.1 Å². The molecule has 1 aromatic carbocycles. The quantitative estimate of drug-likeness (QED) is 0.851. The lowest BCUT2D eigenvalue weighted by molar-refractivity contribution is -0.127. The Kier molecular flexibility index (Phi) is 4.14. The lowest BCUT2D eigenvalue weighted by atomic mass is 10.1. The van der Waals surface area contributed by atoms with Crippen molar-refractivity contribution in [1.29, 1.82) is 0 Å². The molecule has 0 aromatic heterocycles. The highest BCUT2D eigenvalue weighted by Gasteiger charge is 2.24. The second-order valence-electron chi connectivity index (χ2n) is 4.59. The smallest absolute Gasteiger partial charge is 0.261 e. The van der Waals surface area contributed by atoms with Crippen LogP contribution >= 0.6 is 0 Å². The van der Waals surface area contributed by atoms with Crippen LogP contribution in [0.2, 0.25) is 0 Å². The third-order valence-electron chi connectivity index (χ3n) is 3.07. The van der Waals surface area contributed by atoms with Gasteiger partial charge in [0.25, 0.3) is 5.91 Å². The highest BCUT2D eigenvalue weighted by Crippen LogP contribution is 2.23. The van der Waals surface area contributed by atoms with E-state index in [0.717, 1.165) is 18.9 Å². The number of Topliss-reactive ketones (excluding diaryl/α,β-unsaturated/α-hetero) is 1. The monoisotopic (exact) mass is 265 g/mol. The van der Waals surface area contributed by atoms with E-state index in [1.807, 2.05) is 0 Å². The summed E-state index contributed by atoms with van der Waals surface area (Å²) in [5.41, 5.74) is 0.164. The molecule has 0 aliphatic carbocycles. The lowest BCUT2D eigenvalue weighted by Crippen LogP contribution is -2.36. The Morgan fingerprint density at radius 3 is 2.95 bits per heavy atom. The van der Waals surface area contributed by atoms with Crippen molar-refractivity contribution in [2.45, 2.75) is 32.3 Å². The second-order valence-corrected chi connectivity index (χ2v) is 4.59. The van der Waals surface area contributed by atoms with E-state index in [-0.39, 0.29) is 23.0 Å². The molecule has 1 unspecified atom stereocenters. The molecule has 1 N–H and O–H groups in total. The van der Waals surface area contributed by atoms with Crippen LogP contribution in [0.25, 0.3) is 0 Å². The van der Waals surface area contributed by atoms with Gasteiger partial charge in [0.1, 0.15) is 11.6 Å². The minimum Gasteiger partial charge on any atom is -0.480 e. The number of carbonyl (C=O) groups is 2. The van der Waals surface area contributed by atoms with Crippen molar-refractivity contribution in [3.63, 3.8) is 0 Å². The fourth-order valence-corrected chi connectivity index (χ4v) is 2.06. The average molecular weight is 265 g/mol. The zero-order valence-electron chi connectivity index (χ0n) is 10.7. The molecule has 2 rings (SSSR count). The molecule has 4 nitrogen and oxygen atoms in total. The molecule has 0 saturated carbocycles. The number of hydrogen-bond acceptors (Lipinski definition) is 3. The van der Waals surface area contributed by atoms with Gasteiger partial charge in [0.15, 0.2) is 11.9 Å². The second kappa shape index (κ2) is 5.82. The van der Waals surface area contributed by atoms with Crippen LogP contribution in [-0.2, 0) is 4.79 Å². The maximum absolute atomic E-state index is 13.1. The van der Waals surface area contributed by atoms with Crippen molar-refractivity contribution < 1.29 is 18.7 Å². The number of benzene rings is 1. The van der Waals surface area contributed by atoms with Crippen LogP contribution in [0.3, 0.4) is 0 Å². The van der Waals surface area contributed by atoms with Crippen molar-refractivity contribution in [2.24, 2.45) is 0 Å². The van der Waals surface area contributed by atoms with Crippen LogP contribution in [0.1, 0.15) is 36.5 Å². The maximum Gasteiger partial charge on any atom is 0.261 e. The van der Waals surface area contributed by atoms with Gasteiger partial charge in [0.05, 0.1) is 5.56 Å². The average Bonchev–Trinajstić information content (AvgIpc) is 2.57. The standard InChI is InChI=1S/C14H16FNO3/c1-9(17)11-8-10(15)5-6-12(11)19-13-4-2-3-7-16-14(13)18/h5-6,8,13H,2-4,7H2,1H3,(H,16,18). The van der Waals surface area contributed by atoms with Crippen LogP contribution in [0.15, 0.2) is 18.2 Å². The van der Waals surface area contributed by atoms with Gasteiger partial charge in [0, 0.05) is 6.54 Å². The van der Waals surface area contributed by atoms with Crippen molar-refractivity contribution in [3.05, 3.63) is 29.6 Å². The number of hydrogen-bond donors (Lipinski definition) is 1. The fraction of sp³-hybridized carbons (Fsp3) is 0.429. The van der Waals surface area contributed by atoms with Crippen LogP contribution in [-0.4, -0.2) is 24.3 Å². The Morgan fingerprint density at radius 1 is 1.42 bits per heavy atom. The molecule has 102 valence electrons. The minimum absolute atomic E-state index is 0.164. The van der Waals surface area contributed by atoms with Gasteiger partial charge >= 0.3 is 0 Å². The number of rotatable bonds is 3. The van der Waals surface area contributed by atoms with Gasteiger partial charge in [-0.1, -0.05) is 0 Å². The topological polar surface area (TPSA) is 55.4 Å². The predicted octanol–water partition coefficient (Wildman–Crippen LogP) is 2.08. The molecule has 5 heteroatoms. The number of nitrogens with one attached hydrogen (secondary N) is 1. The van der Waals surface area contributed by atoms with Crippen molar-refractivity contribution in [1.82, 2.24) is 5.32 Å². The fourth-order valence-electron chi connectivity index (χ4n) is 2.06. The summed E-state index contributed by atoms with van der Waals surface area (Å²) in [6, 6.07) is 3.74. The molecule has 19 heavy (non-hydrogen) atoms. The first-order chi connectivity index (χ1) is 9.08. The summed E-state index contributed by atoms with van der Waals surface area (Å²) in [6.07, 6.45) is 1.76. The van der Waals surface area contributed by atoms with Gasteiger partial charge in [0.2, 0.25) is 0 Å². The summed E-state index contributed by atoms with van der Waals surface area (Å²) >= 11 is 0. The Morgan fingerprint density at radius 2 is 2.21 bits per heavy atom. The first-order valence-electron chi connectivity index (χ1n) is 6.33. The molecule has 0 spiro atoms. The maximum atomic E-state index is 13.1. The third-order valence-corrected chi connectivity index (χ3v) is 3.07. The summed E-state index contributed by atoms with van der Waals surface area (Å²) in [6.45, 7) is 1.98. The third kappa shape index (κ3) is 3.30. The first kappa shape index (κ1) is 13.5. The molecule has 1 amide bonds. The summed E-state index contributed by atoms with van der Waals surface area (Å²) < 4.78 is 18.7. The molecule has 1 aliphatic heterocycles. The van der Waals surface area contributed by atoms with Gasteiger partial charge in [-0.05, 0) is 44.4 Å². The van der Waals surface area contributed by atoms with E-state index < -0.39 is 11.9 Å².